The molecule has 0 atom stereocenters. The van der Waals surface area contributed by atoms with E-state index in [1.807, 2.05) is 0 Å². The van der Waals surface area contributed by atoms with E-state index in [-0.39, 0.29) is 19.0 Å². The number of esters is 1. The molecule has 0 fully saturated rings. The summed E-state index contributed by atoms with van der Waals surface area (Å²) in [7, 11) is 0. The smallest absolute Gasteiger partial charge is 0.330 e. The van der Waals surface area contributed by atoms with Crippen molar-refractivity contribution < 1.29 is 27.4 Å². The van der Waals surface area contributed by atoms with Crippen LogP contribution in [0.1, 0.15) is 12.8 Å². The molecule has 0 aliphatic rings. The summed E-state index contributed by atoms with van der Waals surface area (Å²) in [5, 5.41) is 0. The molecular weight excluding hydrogens is 273 g/mol. The second-order valence-electron chi connectivity index (χ2n) is 3.65. The van der Waals surface area contributed by atoms with Gasteiger partial charge in [0.15, 0.2) is 0 Å². The number of ether oxygens (including phenoxy) is 2. The number of halogens is 3. The highest BCUT2D eigenvalue weighted by atomic mass is 19.2. The maximum absolute atomic E-state index is 12.7. The highest BCUT2D eigenvalue weighted by Gasteiger charge is 2.01. The van der Waals surface area contributed by atoms with Crippen molar-refractivity contribution >= 4 is 5.97 Å². The van der Waals surface area contributed by atoms with E-state index in [0.717, 1.165) is 18.2 Å². The Bertz CT molecular complexity index is 400. The predicted octanol–water partition coefficient (Wildman–Crippen LogP) is 3.70. The van der Waals surface area contributed by atoms with Gasteiger partial charge < -0.3 is 9.47 Å². The van der Waals surface area contributed by atoms with E-state index in [4.69, 9.17) is 9.47 Å². The second-order valence-corrected chi connectivity index (χ2v) is 3.65. The molecule has 0 saturated heterocycles. The number of rotatable bonds is 10. The maximum atomic E-state index is 12.7. The molecule has 0 aromatic rings. The standard InChI is InChI=1S/C14H17F3O3/c1-3-14(18)20-7-5-4-6-19-13(8-11(2)16)9-12(17)10-15/h3,8-9H,1-2,4-7,10H2/b12-9+,13-8+. The first-order valence-electron chi connectivity index (χ1n) is 5.89. The molecule has 0 rings (SSSR count). The van der Waals surface area contributed by atoms with Gasteiger partial charge in [-0.05, 0) is 12.8 Å². The highest BCUT2D eigenvalue weighted by Crippen LogP contribution is 2.11. The van der Waals surface area contributed by atoms with Crippen LogP contribution in [-0.4, -0.2) is 25.9 Å². The lowest BCUT2D eigenvalue weighted by molar-refractivity contribution is -0.137. The van der Waals surface area contributed by atoms with Crippen molar-refractivity contribution in [2.24, 2.45) is 0 Å². The zero-order valence-electron chi connectivity index (χ0n) is 11.0. The van der Waals surface area contributed by atoms with Crippen molar-refractivity contribution in [3.63, 3.8) is 0 Å². The molecule has 20 heavy (non-hydrogen) atoms. The molecule has 112 valence electrons. The van der Waals surface area contributed by atoms with Crippen LogP contribution < -0.4 is 0 Å². The molecular formula is C14H17F3O3. The summed E-state index contributed by atoms with van der Waals surface area (Å²) < 4.78 is 47.1. The Morgan fingerprint density at radius 3 is 2.20 bits per heavy atom. The molecule has 0 saturated carbocycles. The second kappa shape index (κ2) is 10.9. The Kier molecular flexibility index (Phi) is 9.82. The Morgan fingerprint density at radius 1 is 1.10 bits per heavy atom. The molecule has 0 aliphatic carbocycles. The van der Waals surface area contributed by atoms with Crippen LogP contribution in [0, 0.1) is 0 Å². The van der Waals surface area contributed by atoms with Crippen molar-refractivity contribution in [2.75, 3.05) is 19.9 Å². The molecule has 6 heteroatoms. The molecule has 0 N–H and O–H groups in total. The Hall–Kier alpha value is -1.98. The first-order chi connectivity index (χ1) is 9.49. The van der Waals surface area contributed by atoms with E-state index in [2.05, 4.69) is 13.2 Å². The van der Waals surface area contributed by atoms with Crippen LogP contribution in [-0.2, 0) is 14.3 Å². The minimum absolute atomic E-state index is 0.140. The van der Waals surface area contributed by atoms with Crippen molar-refractivity contribution in [3.8, 4) is 0 Å². The number of carbonyl (C=O) groups is 1. The van der Waals surface area contributed by atoms with Crippen LogP contribution in [0.25, 0.3) is 0 Å². The Morgan fingerprint density at radius 2 is 1.70 bits per heavy atom. The zero-order chi connectivity index (χ0) is 15.4. The van der Waals surface area contributed by atoms with Gasteiger partial charge in [-0.1, -0.05) is 13.2 Å². The van der Waals surface area contributed by atoms with E-state index in [1.54, 1.807) is 0 Å². The van der Waals surface area contributed by atoms with Crippen LogP contribution >= 0.6 is 0 Å². The van der Waals surface area contributed by atoms with Crippen molar-refractivity contribution in [3.05, 3.63) is 48.8 Å². The first-order valence-corrected chi connectivity index (χ1v) is 5.89. The average molecular weight is 290 g/mol. The average Bonchev–Trinajstić information content (AvgIpc) is 2.41. The molecule has 0 bridgehead atoms. The lowest BCUT2D eigenvalue weighted by Gasteiger charge is -2.07. The normalized spacial score (nSPS) is 11.9. The summed E-state index contributed by atoms with van der Waals surface area (Å²) in [5.74, 6) is -2.58. The zero-order valence-corrected chi connectivity index (χ0v) is 11.0. The topological polar surface area (TPSA) is 35.5 Å². The van der Waals surface area contributed by atoms with Crippen LogP contribution in [0.2, 0.25) is 0 Å². The number of hydrogen-bond acceptors (Lipinski definition) is 3. The number of hydrogen-bond donors (Lipinski definition) is 0. The summed E-state index contributed by atoms with van der Waals surface area (Å²) in [6.45, 7) is 5.26. The summed E-state index contributed by atoms with van der Waals surface area (Å²) in [5.41, 5.74) is 0. The van der Waals surface area contributed by atoms with Gasteiger partial charge in [-0.3, -0.25) is 0 Å². The third kappa shape index (κ3) is 9.99. The quantitative estimate of drug-likeness (QED) is 0.202. The van der Waals surface area contributed by atoms with Gasteiger partial charge in [0.2, 0.25) is 0 Å². The lowest BCUT2D eigenvalue weighted by Crippen LogP contribution is -2.03. The third-order valence-corrected chi connectivity index (χ3v) is 1.94. The van der Waals surface area contributed by atoms with E-state index >= 15 is 0 Å². The van der Waals surface area contributed by atoms with E-state index < -0.39 is 24.3 Å². The van der Waals surface area contributed by atoms with Crippen molar-refractivity contribution in [1.29, 1.82) is 0 Å². The summed E-state index contributed by atoms with van der Waals surface area (Å²) >= 11 is 0. The summed E-state index contributed by atoms with van der Waals surface area (Å²) in [6, 6.07) is 0. The largest absolute Gasteiger partial charge is 0.493 e. The molecule has 0 spiro atoms. The van der Waals surface area contributed by atoms with Gasteiger partial charge in [-0.2, -0.15) is 0 Å². The van der Waals surface area contributed by atoms with Crippen LogP contribution in [0.3, 0.4) is 0 Å². The van der Waals surface area contributed by atoms with E-state index in [1.165, 1.54) is 0 Å². The lowest BCUT2D eigenvalue weighted by atomic mass is 10.3. The molecule has 0 unspecified atom stereocenters. The SMILES string of the molecule is C=CC(=O)OCCCCOC(/C=C(/F)CF)=C/C(=C)F. The molecule has 0 heterocycles. The number of allylic oxidation sites excluding steroid dienone is 4. The fourth-order valence-electron chi connectivity index (χ4n) is 1.10. The monoisotopic (exact) mass is 290 g/mol. The number of unbranched alkanes of at least 4 members (excludes halogenated alkanes) is 1. The number of carbonyl (C=O) groups excluding carboxylic acids is 1. The summed E-state index contributed by atoms with van der Waals surface area (Å²) in [4.78, 5) is 10.7. The molecule has 0 radical (unpaired) electrons. The molecule has 3 nitrogen and oxygen atoms in total. The predicted molar refractivity (Wildman–Crippen MR) is 69.8 cm³/mol. The fraction of sp³-hybridized carbons (Fsp3) is 0.357. The Labute approximate surface area is 116 Å². The van der Waals surface area contributed by atoms with Crippen molar-refractivity contribution in [2.45, 2.75) is 12.8 Å². The Balaban J connectivity index is 4.07. The highest BCUT2D eigenvalue weighted by molar-refractivity contribution is 5.81. The maximum Gasteiger partial charge on any atom is 0.330 e. The minimum Gasteiger partial charge on any atom is -0.493 e. The van der Waals surface area contributed by atoms with E-state index in [0.29, 0.717) is 12.8 Å². The number of alkyl halides is 1. The van der Waals surface area contributed by atoms with Crippen LogP contribution in [0.15, 0.2) is 48.8 Å². The van der Waals surface area contributed by atoms with Gasteiger partial charge in [-0.25, -0.2) is 18.0 Å². The van der Waals surface area contributed by atoms with Crippen LogP contribution in [0.5, 0.6) is 0 Å². The van der Waals surface area contributed by atoms with Gasteiger partial charge in [0.1, 0.15) is 24.1 Å². The fourth-order valence-corrected chi connectivity index (χ4v) is 1.10. The first kappa shape index (κ1) is 18.0. The van der Waals surface area contributed by atoms with Gasteiger partial charge >= 0.3 is 5.97 Å². The molecule has 0 aromatic carbocycles. The summed E-state index contributed by atoms with van der Waals surface area (Å²) in [6.07, 6.45) is 3.66. The van der Waals surface area contributed by atoms with Crippen LogP contribution in [0.4, 0.5) is 13.2 Å². The van der Waals surface area contributed by atoms with Gasteiger partial charge in [0, 0.05) is 18.2 Å². The van der Waals surface area contributed by atoms with Gasteiger partial charge in [0.05, 0.1) is 13.2 Å². The van der Waals surface area contributed by atoms with Gasteiger partial charge in [0.25, 0.3) is 0 Å². The molecule has 0 aliphatic heterocycles. The van der Waals surface area contributed by atoms with Gasteiger partial charge in [-0.15, -0.1) is 0 Å². The van der Waals surface area contributed by atoms with Crippen molar-refractivity contribution in [1.82, 2.24) is 0 Å². The molecule has 0 amide bonds. The third-order valence-electron chi connectivity index (χ3n) is 1.94. The molecule has 0 aromatic heterocycles. The van der Waals surface area contributed by atoms with E-state index in [9.17, 15) is 18.0 Å². The minimum atomic E-state index is -1.29.